The second-order valence-corrected chi connectivity index (χ2v) is 4.60. The molecule has 0 aliphatic rings. The Balaban J connectivity index is 2.23. The van der Waals surface area contributed by atoms with Crippen LogP contribution < -0.4 is 5.43 Å². The molecule has 4 nitrogen and oxygen atoms in total. The van der Waals surface area contributed by atoms with Gasteiger partial charge in [-0.25, -0.2) is 5.43 Å². The van der Waals surface area contributed by atoms with Crippen molar-refractivity contribution in [1.29, 1.82) is 0 Å². The van der Waals surface area contributed by atoms with Crippen LogP contribution >= 0.6 is 23.2 Å². The lowest BCUT2D eigenvalue weighted by atomic mass is 10.2. The SMILES string of the molecule is CC(=O)N/N=C\c1ccc(-c2cc(Cl)ccc2Cl)o1. The second-order valence-electron chi connectivity index (χ2n) is 3.75. The average molecular weight is 297 g/mol. The summed E-state index contributed by atoms with van der Waals surface area (Å²) < 4.78 is 5.54. The Morgan fingerprint density at radius 3 is 2.84 bits per heavy atom. The van der Waals surface area contributed by atoms with E-state index in [4.69, 9.17) is 27.6 Å². The van der Waals surface area contributed by atoms with E-state index in [0.29, 0.717) is 27.1 Å². The van der Waals surface area contributed by atoms with E-state index in [2.05, 4.69) is 10.5 Å². The number of carbonyl (C=O) groups is 1. The highest BCUT2D eigenvalue weighted by atomic mass is 35.5. The van der Waals surface area contributed by atoms with Crippen molar-refractivity contribution < 1.29 is 9.21 Å². The third-order valence-corrected chi connectivity index (χ3v) is 2.80. The van der Waals surface area contributed by atoms with Gasteiger partial charge in [0.15, 0.2) is 0 Å². The maximum absolute atomic E-state index is 10.7. The van der Waals surface area contributed by atoms with Crippen LogP contribution in [0.3, 0.4) is 0 Å². The fourth-order valence-corrected chi connectivity index (χ4v) is 1.82. The Morgan fingerprint density at radius 1 is 1.32 bits per heavy atom. The van der Waals surface area contributed by atoms with E-state index in [-0.39, 0.29) is 5.91 Å². The lowest BCUT2D eigenvalue weighted by Gasteiger charge is -2.00. The van der Waals surface area contributed by atoms with Gasteiger partial charge in [-0.2, -0.15) is 5.10 Å². The minimum atomic E-state index is -0.249. The van der Waals surface area contributed by atoms with Gasteiger partial charge in [-0.1, -0.05) is 23.2 Å². The zero-order valence-corrected chi connectivity index (χ0v) is 11.5. The van der Waals surface area contributed by atoms with Gasteiger partial charge in [0.25, 0.3) is 0 Å². The highest BCUT2D eigenvalue weighted by Gasteiger charge is 2.08. The molecule has 6 heteroatoms. The number of furan rings is 1. The molecule has 2 rings (SSSR count). The normalized spacial score (nSPS) is 10.9. The number of carbonyl (C=O) groups excluding carboxylic acids is 1. The molecule has 0 fully saturated rings. The maximum atomic E-state index is 10.7. The topological polar surface area (TPSA) is 54.6 Å². The summed E-state index contributed by atoms with van der Waals surface area (Å²) >= 11 is 12.0. The van der Waals surface area contributed by atoms with Crippen LogP contribution in [0.2, 0.25) is 10.0 Å². The molecule has 1 aromatic carbocycles. The molecular weight excluding hydrogens is 287 g/mol. The molecule has 0 bridgehead atoms. The molecule has 0 radical (unpaired) electrons. The van der Waals surface area contributed by atoms with Gasteiger partial charge in [0.2, 0.25) is 5.91 Å². The van der Waals surface area contributed by atoms with Crippen LogP contribution in [-0.2, 0) is 4.79 Å². The van der Waals surface area contributed by atoms with Crippen molar-refractivity contribution >= 4 is 35.3 Å². The zero-order chi connectivity index (χ0) is 13.8. The molecule has 1 heterocycles. The monoisotopic (exact) mass is 296 g/mol. The van der Waals surface area contributed by atoms with Crippen LogP contribution in [-0.4, -0.2) is 12.1 Å². The lowest BCUT2D eigenvalue weighted by Crippen LogP contribution is -2.12. The van der Waals surface area contributed by atoms with Gasteiger partial charge in [-0.15, -0.1) is 0 Å². The van der Waals surface area contributed by atoms with Crippen molar-refractivity contribution in [1.82, 2.24) is 5.43 Å². The number of halogens is 2. The Labute approximate surface area is 120 Å². The second kappa shape index (κ2) is 5.91. The van der Waals surface area contributed by atoms with E-state index in [0.717, 1.165) is 0 Å². The molecule has 0 saturated heterocycles. The number of nitrogens with one attached hydrogen (secondary N) is 1. The predicted octanol–water partition coefficient (Wildman–Crippen LogP) is 3.72. The number of rotatable bonds is 3. The summed E-state index contributed by atoms with van der Waals surface area (Å²) in [5.41, 5.74) is 2.99. The number of amides is 1. The summed E-state index contributed by atoms with van der Waals surface area (Å²) in [6, 6.07) is 8.60. The first-order valence-corrected chi connectivity index (χ1v) is 6.17. The smallest absolute Gasteiger partial charge is 0.236 e. The lowest BCUT2D eigenvalue weighted by molar-refractivity contribution is -0.118. The first-order valence-electron chi connectivity index (χ1n) is 5.41. The van der Waals surface area contributed by atoms with E-state index in [1.807, 2.05) is 0 Å². The number of nitrogens with zero attached hydrogens (tertiary/aromatic N) is 1. The van der Waals surface area contributed by atoms with Crippen LogP contribution in [0.15, 0.2) is 39.9 Å². The van der Waals surface area contributed by atoms with E-state index >= 15 is 0 Å². The van der Waals surface area contributed by atoms with Gasteiger partial charge in [-0.05, 0) is 30.3 Å². The molecule has 1 aromatic heterocycles. The first kappa shape index (κ1) is 13.6. The summed E-state index contributed by atoms with van der Waals surface area (Å²) in [5.74, 6) is 0.831. The highest BCUT2D eigenvalue weighted by molar-refractivity contribution is 6.35. The van der Waals surface area contributed by atoms with Gasteiger partial charge in [-0.3, -0.25) is 4.79 Å². The van der Waals surface area contributed by atoms with E-state index in [1.165, 1.54) is 13.1 Å². The van der Waals surface area contributed by atoms with Crippen molar-refractivity contribution in [2.45, 2.75) is 6.92 Å². The Kier molecular flexibility index (Phi) is 4.24. The molecule has 1 N–H and O–H groups in total. The average Bonchev–Trinajstić information content (AvgIpc) is 2.80. The van der Waals surface area contributed by atoms with Crippen LogP contribution in [0.5, 0.6) is 0 Å². The standard InChI is InChI=1S/C13H10Cl2N2O2/c1-8(18)17-16-7-10-3-5-13(19-10)11-6-9(14)2-4-12(11)15/h2-7H,1H3,(H,17,18)/b16-7-. The summed E-state index contributed by atoms with van der Waals surface area (Å²) in [4.78, 5) is 10.7. The van der Waals surface area contributed by atoms with Crippen LogP contribution in [0.25, 0.3) is 11.3 Å². The summed E-state index contributed by atoms with van der Waals surface area (Å²) in [6.07, 6.45) is 1.41. The van der Waals surface area contributed by atoms with E-state index in [9.17, 15) is 4.79 Å². The molecular formula is C13H10Cl2N2O2. The number of hydrogen-bond acceptors (Lipinski definition) is 3. The molecule has 0 spiro atoms. The molecule has 2 aromatic rings. The summed E-state index contributed by atoms with van der Waals surface area (Å²) in [5, 5.41) is 4.83. The van der Waals surface area contributed by atoms with Gasteiger partial charge in [0, 0.05) is 17.5 Å². The molecule has 0 aliphatic heterocycles. The van der Waals surface area contributed by atoms with Crippen LogP contribution in [0, 0.1) is 0 Å². The minimum absolute atomic E-state index is 0.249. The van der Waals surface area contributed by atoms with Gasteiger partial charge >= 0.3 is 0 Å². The van der Waals surface area contributed by atoms with Crippen LogP contribution in [0.1, 0.15) is 12.7 Å². The van der Waals surface area contributed by atoms with Crippen molar-refractivity contribution in [3.05, 3.63) is 46.1 Å². The maximum Gasteiger partial charge on any atom is 0.236 e. The van der Waals surface area contributed by atoms with Crippen molar-refractivity contribution in [3.8, 4) is 11.3 Å². The Bertz CT molecular complexity index is 635. The molecule has 98 valence electrons. The minimum Gasteiger partial charge on any atom is -0.455 e. The van der Waals surface area contributed by atoms with Gasteiger partial charge < -0.3 is 4.42 Å². The zero-order valence-electron chi connectivity index (χ0n) is 9.98. The first-order chi connectivity index (χ1) is 9.06. The summed E-state index contributed by atoms with van der Waals surface area (Å²) in [7, 11) is 0. The number of hydrogen-bond donors (Lipinski definition) is 1. The molecule has 19 heavy (non-hydrogen) atoms. The predicted molar refractivity (Wildman–Crippen MR) is 75.6 cm³/mol. The van der Waals surface area contributed by atoms with Crippen molar-refractivity contribution in [3.63, 3.8) is 0 Å². The quantitative estimate of drug-likeness (QED) is 0.693. The third-order valence-electron chi connectivity index (χ3n) is 2.23. The third kappa shape index (κ3) is 3.59. The molecule has 0 atom stereocenters. The van der Waals surface area contributed by atoms with Crippen LogP contribution in [0.4, 0.5) is 0 Å². The molecule has 0 saturated carbocycles. The fourth-order valence-electron chi connectivity index (χ4n) is 1.44. The largest absolute Gasteiger partial charge is 0.455 e. The van der Waals surface area contributed by atoms with Gasteiger partial charge in [0.1, 0.15) is 11.5 Å². The van der Waals surface area contributed by atoms with E-state index < -0.39 is 0 Å². The number of hydrazone groups is 1. The Hall–Kier alpha value is -1.78. The van der Waals surface area contributed by atoms with Crippen molar-refractivity contribution in [2.75, 3.05) is 0 Å². The Morgan fingerprint density at radius 2 is 2.11 bits per heavy atom. The fraction of sp³-hybridized carbons (Fsp3) is 0.0769. The van der Waals surface area contributed by atoms with Crippen molar-refractivity contribution in [2.24, 2.45) is 5.10 Å². The van der Waals surface area contributed by atoms with E-state index in [1.54, 1.807) is 30.3 Å². The highest BCUT2D eigenvalue weighted by Crippen LogP contribution is 2.31. The summed E-state index contributed by atoms with van der Waals surface area (Å²) in [6.45, 7) is 1.37. The molecule has 1 amide bonds. The van der Waals surface area contributed by atoms with Gasteiger partial charge in [0.05, 0.1) is 11.2 Å². The molecule has 0 aliphatic carbocycles. The molecule has 0 unspecified atom stereocenters. The number of benzene rings is 1.